The highest BCUT2D eigenvalue weighted by atomic mass is 79.9. The number of aromatic nitrogens is 1. The van der Waals surface area contributed by atoms with Crippen LogP contribution in [0.15, 0.2) is 16.7 Å². The molecule has 0 radical (unpaired) electrons. The van der Waals surface area contributed by atoms with Gasteiger partial charge in [-0.15, -0.1) is 0 Å². The fourth-order valence-electron chi connectivity index (χ4n) is 3.43. The maximum Gasteiger partial charge on any atom is 0.312 e. The van der Waals surface area contributed by atoms with Crippen molar-refractivity contribution in [3.63, 3.8) is 0 Å². The molecule has 1 atom stereocenters. The molecule has 21 heavy (non-hydrogen) atoms. The summed E-state index contributed by atoms with van der Waals surface area (Å²) in [6, 6.07) is 2.17. The van der Waals surface area contributed by atoms with E-state index in [1.54, 1.807) is 6.20 Å². The van der Waals surface area contributed by atoms with Gasteiger partial charge in [-0.25, -0.2) is 4.98 Å². The summed E-state index contributed by atoms with van der Waals surface area (Å²) >= 11 is 3.25. The number of rotatable bonds is 3. The molecule has 3 heterocycles. The lowest BCUT2D eigenvalue weighted by atomic mass is 9.88. The van der Waals surface area contributed by atoms with E-state index in [9.17, 15) is 10.1 Å². The molecule has 1 unspecified atom stereocenters. The van der Waals surface area contributed by atoms with Crippen molar-refractivity contribution in [3.05, 3.63) is 26.9 Å². The first kappa shape index (κ1) is 14.7. The van der Waals surface area contributed by atoms with Crippen LogP contribution in [0, 0.1) is 16.0 Å². The van der Waals surface area contributed by atoms with Gasteiger partial charge >= 0.3 is 5.69 Å². The van der Waals surface area contributed by atoms with Crippen LogP contribution in [0.1, 0.15) is 25.7 Å². The van der Waals surface area contributed by atoms with Crippen molar-refractivity contribution in [1.29, 1.82) is 0 Å². The molecule has 2 aliphatic heterocycles. The van der Waals surface area contributed by atoms with Gasteiger partial charge < -0.3 is 10.2 Å². The van der Waals surface area contributed by atoms with Crippen LogP contribution in [0.2, 0.25) is 0 Å². The number of nitrogens with zero attached hydrogens (tertiary/aromatic N) is 3. The van der Waals surface area contributed by atoms with Gasteiger partial charge in [0.15, 0.2) is 0 Å². The van der Waals surface area contributed by atoms with Crippen molar-refractivity contribution >= 4 is 27.4 Å². The zero-order chi connectivity index (χ0) is 14.8. The molecule has 1 aromatic heterocycles. The van der Waals surface area contributed by atoms with E-state index < -0.39 is 0 Å². The molecule has 7 heteroatoms. The lowest BCUT2D eigenvalue weighted by molar-refractivity contribution is -0.384. The molecule has 0 amide bonds. The predicted molar refractivity (Wildman–Crippen MR) is 84.6 cm³/mol. The second-order valence-electron chi connectivity index (χ2n) is 5.78. The predicted octanol–water partition coefficient (Wildman–Crippen LogP) is 2.72. The number of anilines is 1. The molecule has 2 saturated heterocycles. The number of hydrogen-bond donors (Lipinski definition) is 1. The lowest BCUT2D eigenvalue weighted by Gasteiger charge is -2.35. The third kappa shape index (κ3) is 3.18. The fourth-order valence-corrected chi connectivity index (χ4v) is 3.75. The Balaban J connectivity index is 1.70. The Labute approximate surface area is 132 Å². The SMILES string of the molecule is O=[N+]([O-])c1cc(Br)cnc1N1CCC(C2CCCN2)CC1. The molecule has 1 aromatic rings. The number of nitrogens with one attached hydrogen (secondary N) is 1. The second kappa shape index (κ2) is 6.27. The van der Waals surface area contributed by atoms with Crippen LogP contribution in [0.5, 0.6) is 0 Å². The summed E-state index contributed by atoms with van der Waals surface area (Å²) in [6.07, 6.45) is 6.32. The van der Waals surface area contributed by atoms with Crippen molar-refractivity contribution in [2.24, 2.45) is 5.92 Å². The van der Waals surface area contributed by atoms with Gasteiger partial charge in [-0.3, -0.25) is 10.1 Å². The highest BCUT2D eigenvalue weighted by Gasteiger charge is 2.31. The molecule has 0 bridgehead atoms. The molecule has 0 aliphatic carbocycles. The van der Waals surface area contributed by atoms with Crippen LogP contribution in [-0.4, -0.2) is 35.6 Å². The summed E-state index contributed by atoms with van der Waals surface area (Å²) in [7, 11) is 0. The molecule has 2 fully saturated rings. The Morgan fingerprint density at radius 2 is 2.14 bits per heavy atom. The topological polar surface area (TPSA) is 71.3 Å². The Hall–Kier alpha value is -1.21. The van der Waals surface area contributed by atoms with E-state index in [0.717, 1.165) is 32.5 Å². The van der Waals surface area contributed by atoms with E-state index in [-0.39, 0.29) is 10.6 Å². The van der Waals surface area contributed by atoms with Crippen molar-refractivity contribution in [1.82, 2.24) is 10.3 Å². The number of piperidine rings is 1. The normalized spacial score (nSPS) is 23.5. The van der Waals surface area contributed by atoms with Crippen LogP contribution >= 0.6 is 15.9 Å². The minimum absolute atomic E-state index is 0.0850. The summed E-state index contributed by atoms with van der Waals surface area (Å²) < 4.78 is 0.642. The third-order valence-electron chi connectivity index (χ3n) is 4.52. The van der Waals surface area contributed by atoms with Crippen LogP contribution < -0.4 is 10.2 Å². The highest BCUT2D eigenvalue weighted by Crippen LogP contribution is 2.33. The van der Waals surface area contributed by atoms with Gasteiger partial charge in [-0.2, -0.15) is 0 Å². The van der Waals surface area contributed by atoms with Crippen molar-refractivity contribution in [2.45, 2.75) is 31.7 Å². The molecule has 0 aromatic carbocycles. The van der Waals surface area contributed by atoms with Gasteiger partial charge in [0, 0.05) is 35.9 Å². The van der Waals surface area contributed by atoms with Crippen LogP contribution in [0.4, 0.5) is 11.5 Å². The fraction of sp³-hybridized carbons (Fsp3) is 0.643. The molecule has 3 rings (SSSR count). The molecular weight excluding hydrogens is 336 g/mol. The number of hydrogen-bond acceptors (Lipinski definition) is 5. The maximum absolute atomic E-state index is 11.2. The molecule has 2 aliphatic rings. The van der Waals surface area contributed by atoms with E-state index in [0.29, 0.717) is 22.3 Å². The zero-order valence-corrected chi connectivity index (χ0v) is 13.4. The maximum atomic E-state index is 11.2. The lowest BCUT2D eigenvalue weighted by Crippen LogP contribution is -2.41. The third-order valence-corrected chi connectivity index (χ3v) is 4.95. The summed E-state index contributed by atoms with van der Waals surface area (Å²) in [5.41, 5.74) is 0.0850. The molecule has 114 valence electrons. The summed E-state index contributed by atoms with van der Waals surface area (Å²) in [5, 5.41) is 14.8. The Morgan fingerprint density at radius 3 is 2.76 bits per heavy atom. The molecule has 0 saturated carbocycles. The van der Waals surface area contributed by atoms with Gasteiger partial charge in [0.2, 0.25) is 5.82 Å². The Bertz CT molecular complexity index is 526. The van der Waals surface area contributed by atoms with E-state index in [1.165, 1.54) is 18.9 Å². The highest BCUT2D eigenvalue weighted by molar-refractivity contribution is 9.10. The average molecular weight is 355 g/mol. The van der Waals surface area contributed by atoms with Crippen molar-refractivity contribution in [3.8, 4) is 0 Å². The minimum Gasteiger partial charge on any atom is -0.351 e. The summed E-state index contributed by atoms with van der Waals surface area (Å²) in [5.74, 6) is 1.19. The van der Waals surface area contributed by atoms with E-state index in [2.05, 4.69) is 31.1 Å². The minimum atomic E-state index is -0.349. The van der Waals surface area contributed by atoms with Crippen LogP contribution in [0.25, 0.3) is 0 Å². The van der Waals surface area contributed by atoms with Crippen molar-refractivity contribution in [2.75, 3.05) is 24.5 Å². The van der Waals surface area contributed by atoms with Gasteiger partial charge in [0.25, 0.3) is 0 Å². The van der Waals surface area contributed by atoms with Gasteiger partial charge in [0.1, 0.15) is 0 Å². The number of halogens is 1. The first-order chi connectivity index (χ1) is 10.1. The van der Waals surface area contributed by atoms with E-state index >= 15 is 0 Å². The molecule has 0 spiro atoms. The Morgan fingerprint density at radius 1 is 1.38 bits per heavy atom. The second-order valence-corrected chi connectivity index (χ2v) is 6.70. The monoisotopic (exact) mass is 354 g/mol. The quantitative estimate of drug-likeness (QED) is 0.667. The summed E-state index contributed by atoms with van der Waals surface area (Å²) in [6.45, 7) is 2.82. The van der Waals surface area contributed by atoms with Gasteiger partial charge in [-0.05, 0) is 54.1 Å². The van der Waals surface area contributed by atoms with Gasteiger partial charge in [0.05, 0.1) is 4.92 Å². The van der Waals surface area contributed by atoms with Crippen LogP contribution in [-0.2, 0) is 0 Å². The summed E-state index contributed by atoms with van der Waals surface area (Å²) in [4.78, 5) is 17.2. The molecule has 6 nitrogen and oxygen atoms in total. The van der Waals surface area contributed by atoms with Crippen LogP contribution in [0.3, 0.4) is 0 Å². The molecular formula is C14H19BrN4O2. The largest absolute Gasteiger partial charge is 0.351 e. The van der Waals surface area contributed by atoms with Gasteiger partial charge in [-0.1, -0.05) is 0 Å². The Kier molecular flexibility index (Phi) is 4.40. The number of pyridine rings is 1. The molecule has 1 N–H and O–H groups in total. The smallest absolute Gasteiger partial charge is 0.312 e. The van der Waals surface area contributed by atoms with Crippen molar-refractivity contribution < 1.29 is 4.92 Å². The first-order valence-electron chi connectivity index (χ1n) is 7.43. The number of nitro groups is 1. The van der Waals surface area contributed by atoms with E-state index in [4.69, 9.17) is 0 Å². The zero-order valence-electron chi connectivity index (χ0n) is 11.8. The first-order valence-corrected chi connectivity index (χ1v) is 8.22. The van der Waals surface area contributed by atoms with E-state index in [1.807, 2.05) is 0 Å². The standard InChI is InChI=1S/C14H19BrN4O2/c15-11-8-13(19(20)21)14(17-9-11)18-6-3-10(4-7-18)12-2-1-5-16-12/h8-10,12,16H,1-7H2. The average Bonchev–Trinajstić information content (AvgIpc) is 3.01.